The molecule has 1 aromatic rings. The molecule has 1 aliphatic rings. The summed E-state index contributed by atoms with van der Waals surface area (Å²) in [5.41, 5.74) is 2.36. The van der Waals surface area contributed by atoms with Gasteiger partial charge >= 0.3 is 0 Å². The molecule has 0 saturated heterocycles. The average Bonchev–Trinajstić information content (AvgIpc) is 2.83. The van der Waals surface area contributed by atoms with Crippen LogP contribution in [0.3, 0.4) is 0 Å². The molecule has 0 atom stereocenters. The number of thiazole rings is 1. The highest BCUT2D eigenvalue weighted by Gasteiger charge is 2.32. The van der Waals surface area contributed by atoms with Crippen LogP contribution in [0.5, 0.6) is 0 Å². The molecule has 1 aliphatic carbocycles. The fourth-order valence-corrected chi connectivity index (χ4v) is 3.28. The van der Waals surface area contributed by atoms with E-state index in [0.29, 0.717) is 11.4 Å². The van der Waals surface area contributed by atoms with Crippen LogP contribution in [-0.2, 0) is 0 Å². The van der Waals surface area contributed by atoms with E-state index in [1.54, 1.807) is 5.51 Å². The molecule has 5 heteroatoms. The molecule has 1 saturated carbocycles. The fourth-order valence-electron chi connectivity index (χ4n) is 2.56. The molecular weight excluding hydrogens is 248 g/mol. The van der Waals surface area contributed by atoms with E-state index in [9.17, 15) is 9.90 Å². The van der Waals surface area contributed by atoms with Gasteiger partial charge in [0.1, 0.15) is 4.88 Å². The zero-order valence-corrected chi connectivity index (χ0v) is 11.6. The van der Waals surface area contributed by atoms with Gasteiger partial charge in [-0.25, -0.2) is 4.98 Å². The zero-order chi connectivity index (χ0) is 13.0. The second-order valence-electron chi connectivity index (χ2n) is 5.17. The van der Waals surface area contributed by atoms with Crippen molar-refractivity contribution in [2.75, 3.05) is 13.2 Å². The summed E-state index contributed by atoms with van der Waals surface area (Å²) in [4.78, 5) is 16.8. The van der Waals surface area contributed by atoms with Gasteiger partial charge < -0.3 is 10.4 Å². The summed E-state index contributed by atoms with van der Waals surface area (Å²) in [7, 11) is 0. The lowest BCUT2D eigenvalue weighted by molar-refractivity contribution is 0.0719. The number of aliphatic hydroxyl groups is 1. The van der Waals surface area contributed by atoms with E-state index in [1.807, 2.05) is 6.92 Å². The van der Waals surface area contributed by atoms with Gasteiger partial charge in [0, 0.05) is 12.0 Å². The maximum atomic E-state index is 12.0. The number of aliphatic hydroxyl groups excluding tert-OH is 1. The highest BCUT2D eigenvalue weighted by Crippen LogP contribution is 2.35. The number of nitrogens with one attached hydrogen (secondary N) is 1. The second-order valence-corrected chi connectivity index (χ2v) is 6.02. The normalized spacial score (nSPS) is 18.6. The van der Waals surface area contributed by atoms with Crippen molar-refractivity contribution >= 4 is 17.2 Å². The van der Waals surface area contributed by atoms with Gasteiger partial charge in [-0.3, -0.25) is 4.79 Å². The van der Waals surface area contributed by atoms with Gasteiger partial charge in [0.05, 0.1) is 17.8 Å². The lowest BCUT2D eigenvalue weighted by atomic mass is 9.74. The average molecular weight is 268 g/mol. The highest BCUT2D eigenvalue weighted by atomic mass is 32.1. The lowest BCUT2D eigenvalue weighted by Crippen LogP contribution is -2.41. The molecule has 0 aliphatic heterocycles. The van der Waals surface area contributed by atoms with E-state index in [1.165, 1.54) is 17.8 Å². The van der Waals surface area contributed by atoms with Crippen LogP contribution in [0.1, 0.15) is 47.5 Å². The second kappa shape index (κ2) is 5.80. The molecule has 18 heavy (non-hydrogen) atoms. The van der Waals surface area contributed by atoms with Crippen LogP contribution in [0.15, 0.2) is 5.51 Å². The summed E-state index contributed by atoms with van der Waals surface area (Å²) in [5.74, 6) is -0.0617. The topological polar surface area (TPSA) is 62.2 Å². The number of hydrogen-bond acceptors (Lipinski definition) is 4. The summed E-state index contributed by atoms with van der Waals surface area (Å²) < 4.78 is 0. The molecule has 1 aromatic heterocycles. The number of amides is 1. The van der Waals surface area contributed by atoms with Crippen molar-refractivity contribution in [1.29, 1.82) is 0 Å². The molecule has 1 fully saturated rings. The minimum atomic E-state index is -0.105. The van der Waals surface area contributed by atoms with Gasteiger partial charge in [0.15, 0.2) is 0 Å². The Morgan fingerprint density at radius 1 is 1.50 bits per heavy atom. The van der Waals surface area contributed by atoms with Gasteiger partial charge in [-0.1, -0.05) is 19.3 Å². The van der Waals surface area contributed by atoms with E-state index < -0.39 is 0 Å². The predicted molar refractivity (Wildman–Crippen MR) is 71.8 cm³/mol. The van der Waals surface area contributed by atoms with E-state index in [4.69, 9.17) is 0 Å². The molecule has 0 bridgehead atoms. The third-order valence-electron chi connectivity index (χ3n) is 3.83. The quantitative estimate of drug-likeness (QED) is 0.879. The molecule has 1 heterocycles. The van der Waals surface area contributed by atoms with Crippen molar-refractivity contribution in [2.45, 2.75) is 39.0 Å². The van der Waals surface area contributed by atoms with Crippen LogP contribution < -0.4 is 5.32 Å². The van der Waals surface area contributed by atoms with E-state index in [2.05, 4.69) is 10.3 Å². The molecule has 2 rings (SSSR count). The summed E-state index contributed by atoms with van der Waals surface area (Å²) in [5, 5.41) is 12.5. The Kier molecular flexibility index (Phi) is 4.35. The van der Waals surface area contributed by atoms with Crippen LogP contribution in [0.4, 0.5) is 0 Å². The molecule has 0 radical (unpaired) electrons. The molecule has 0 spiro atoms. The third-order valence-corrected chi connectivity index (χ3v) is 4.75. The fraction of sp³-hybridized carbons (Fsp3) is 0.692. The number of aromatic nitrogens is 1. The van der Waals surface area contributed by atoms with Crippen LogP contribution in [0.25, 0.3) is 0 Å². The molecule has 0 unspecified atom stereocenters. The van der Waals surface area contributed by atoms with Crippen molar-refractivity contribution in [1.82, 2.24) is 10.3 Å². The van der Waals surface area contributed by atoms with Gasteiger partial charge in [-0.15, -0.1) is 11.3 Å². The van der Waals surface area contributed by atoms with Crippen molar-refractivity contribution in [3.63, 3.8) is 0 Å². The first-order valence-electron chi connectivity index (χ1n) is 6.46. The number of aryl methyl sites for hydroxylation is 1. The Bertz CT molecular complexity index is 411. The van der Waals surface area contributed by atoms with Crippen LogP contribution in [0.2, 0.25) is 0 Å². The van der Waals surface area contributed by atoms with Crippen LogP contribution in [0, 0.1) is 12.3 Å². The highest BCUT2D eigenvalue weighted by molar-refractivity contribution is 7.11. The first-order valence-corrected chi connectivity index (χ1v) is 7.34. The summed E-state index contributed by atoms with van der Waals surface area (Å²) in [6.45, 7) is 2.57. The standard InChI is InChI=1S/C13H20N2O2S/c1-10-11(18-9-15-10)12(17)14-7-13(8-16)5-3-2-4-6-13/h9,16H,2-8H2,1H3,(H,14,17). The number of hydrogen-bond donors (Lipinski definition) is 2. The first kappa shape index (κ1) is 13.5. The molecule has 2 N–H and O–H groups in total. The Labute approximate surface area is 111 Å². The van der Waals surface area contributed by atoms with E-state index in [0.717, 1.165) is 31.4 Å². The third kappa shape index (κ3) is 2.90. The molecule has 100 valence electrons. The minimum Gasteiger partial charge on any atom is -0.396 e. The minimum absolute atomic E-state index is 0.0617. The Morgan fingerprint density at radius 2 is 2.22 bits per heavy atom. The largest absolute Gasteiger partial charge is 0.396 e. The Hall–Kier alpha value is -0.940. The first-order chi connectivity index (χ1) is 8.67. The summed E-state index contributed by atoms with van der Waals surface area (Å²) >= 11 is 1.37. The number of nitrogens with zero attached hydrogens (tertiary/aromatic N) is 1. The lowest BCUT2D eigenvalue weighted by Gasteiger charge is -2.35. The van der Waals surface area contributed by atoms with Gasteiger partial charge in [0.2, 0.25) is 0 Å². The van der Waals surface area contributed by atoms with Gasteiger partial charge in [-0.05, 0) is 19.8 Å². The van der Waals surface area contributed by atoms with Crippen molar-refractivity contribution in [3.05, 3.63) is 16.1 Å². The number of carbonyl (C=O) groups is 1. The monoisotopic (exact) mass is 268 g/mol. The van der Waals surface area contributed by atoms with Crippen molar-refractivity contribution in [3.8, 4) is 0 Å². The maximum absolute atomic E-state index is 12.0. The van der Waals surface area contributed by atoms with Crippen molar-refractivity contribution in [2.24, 2.45) is 5.41 Å². The number of rotatable bonds is 4. The molecule has 1 amide bonds. The van der Waals surface area contributed by atoms with E-state index in [-0.39, 0.29) is 17.9 Å². The smallest absolute Gasteiger partial charge is 0.263 e. The Morgan fingerprint density at radius 3 is 2.78 bits per heavy atom. The Balaban J connectivity index is 1.94. The molecule has 4 nitrogen and oxygen atoms in total. The van der Waals surface area contributed by atoms with Crippen LogP contribution >= 0.6 is 11.3 Å². The SMILES string of the molecule is Cc1ncsc1C(=O)NCC1(CO)CCCCC1. The van der Waals surface area contributed by atoms with Gasteiger partial charge in [-0.2, -0.15) is 0 Å². The van der Waals surface area contributed by atoms with Crippen LogP contribution in [-0.4, -0.2) is 29.1 Å². The van der Waals surface area contributed by atoms with Gasteiger partial charge in [0.25, 0.3) is 5.91 Å². The number of carbonyl (C=O) groups excluding carboxylic acids is 1. The summed E-state index contributed by atoms with van der Waals surface area (Å²) in [6, 6.07) is 0. The molecular formula is C13H20N2O2S. The van der Waals surface area contributed by atoms with Crippen molar-refractivity contribution < 1.29 is 9.90 Å². The van der Waals surface area contributed by atoms with E-state index >= 15 is 0 Å². The zero-order valence-electron chi connectivity index (χ0n) is 10.7. The predicted octanol–water partition coefficient (Wildman–Crippen LogP) is 2.12. The summed E-state index contributed by atoms with van der Waals surface area (Å²) in [6.07, 6.45) is 5.55. The molecule has 0 aromatic carbocycles. The maximum Gasteiger partial charge on any atom is 0.263 e.